The minimum absolute atomic E-state index is 0.0220. The number of ether oxygens (including phenoxy) is 1. The van der Waals surface area contributed by atoms with Crippen molar-refractivity contribution in [3.05, 3.63) is 0 Å². The molecule has 1 aromatic heterocycles. The highest BCUT2D eigenvalue weighted by Gasteiger charge is 2.19. The molecule has 1 aliphatic rings. The quantitative estimate of drug-likeness (QED) is 0.838. The van der Waals surface area contributed by atoms with Crippen LogP contribution < -0.4 is 4.90 Å². The second-order valence-electron chi connectivity index (χ2n) is 4.01. The number of hydrogen-bond donors (Lipinski definition) is 1. The third-order valence-corrected chi connectivity index (χ3v) is 4.54. The van der Waals surface area contributed by atoms with Crippen LogP contribution >= 0.6 is 23.1 Å². The molecular weight excluding hydrogens is 274 g/mol. The van der Waals surface area contributed by atoms with Crippen molar-refractivity contribution in [1.29, 1.82) is 0 Å². The van der Waals surface area contributed by atoms with Gasteiger partial charge in [-0.1, -0.05) is 23.1 Å². The van der Waals surface area contributed by atoms with Gasteiger partial charge in [-0.25, -0.2) is 0 Å². The molecule has 0 saturated carbocycles. The Morgan fingerprint density at radius 3 is 3.28 bits per heavy atom. The lowest BCUT2D eigenvalue weighted by molar-refractivity contribution is -0.133. The number of nitrogens with zero attached hydrogens (tertiary/aromatic N) is 3. The molecule has 0 radical (unpaired) electrons. The zero-order chi connectivity index (χ0) is 13.0. The van der Waals surface area contributed by atoms with Crippen molar-refractivity contribution in [2.24, 2.45) is 0 Å². The first-order valence-corrected chi connectivity index (χ1v) is 7.50. The molecule has 8 heteroatoms. The zero-order valence-electron chi connectivity index (χ0n) is 10.0. The maximum Gasteiger partial charge on any atom is 0.313 e. The molecule has 1 N–H and O–H groups in total. The van der Waals surface area contributed by atoms with Crippen molar-refractivity contribution in [2.45, 2.75) is 23.8 Å². The predicted octanol–water partition coefficient (Wildman–Crippen LogP) is 1.33. The van der Waals surface area contributed by atoms with E-state index >= 15 is 0 Å². The van der Waals surface area contributed by atoms with Crippen molar-refractivity contribution < 1.29 is 14.6 Å². The van der Waals surface area contributed by atoms with Gasteiger partial charge in [0.2, 0.25) is 5.13 Å². The summed E-state index contributed by atoms with van der Waals surface area (Å²) in [7, 11) is 0. The number of rotatable bonds is 4. The van der Waals surface area contributed by atoms with Crippen molar-refractivity contribution in [3.8, 4) is 0 Å². The average molecular weight is 289 g/mol. The number of carboxylic acids is 1. The lowest BCUT2D eigenvalue weighted by Gasteiger charge is -2.20. The molecule has 0 aliphatic carbocycles. The molecule has 1 saturated heterocycles. The first-order valence-electron chi connectivity index (χ1n) is 5.70. The van der Waals surface area contributed by atoms with E-state index in [1.54, 1.807) is 0 Å². The number of carboxylic acid groups (broad SMARTS) is 1. The van der Waals surface area contributed by atoms with Crippen molar-refractivity contribution in [1.82, 2.24) is 10.2 Å². The van der Waals surface area contributed by atoms with Gasteiger partial charge in [-0.3, -0.25) is 4.79 Å². The molecule has 2 rings (SSSR count). The molecular formula is C10H15N3O3S2. The standard InChI is InChI=1S/C10H15N3O3S2/c1-7-5-13(3-2-4-16-7)9-11-12-10(18-9)17-6-8(14)15/h7H,2-6H2,1H3,(H,14,15). The number of hydrogen-bond acceptors (Lipinski definition) is 7. The number of thioether (sulfide) groups is 1. The minimum atomic E-state index is -0.839. The monoisotopic (exact) mass is 289 g/mol. The van der Waals surface area contributed by atoms with E-state index in [-0.39, 0.29) is 11.9 Å². The zero-order valence-corrected chi connectivity index (χ0v) is 11.7. The summed E-state index contributed by atoms with van der Waals surface area (Å²) in [6.45, 7) is 4.53. The van der Waals surface area contributed by atoms with E-state index < -0.39 is 5.97 Å². The Labute approximate surface area is 113 Å². The van der Waals surface area contributed by atoms with Crippen LogP contribution in [0.25, 0.3) is 0 Å². The van der Waals surface area contributed by atoms with Crippen LogP contribution in [-0.4, -0.2) is 52.8 Å². The van der Waals surface area contributed by atoms with Gasteiger partial charge in [-0.05, 0) is 13.3 Å². The van der Waals surface area contributed by atoms with Crippen LogP contribution in [-0.2, 0) is 9.53 Å². The highest BCUT2D eigenvalue weighted by molar-refractivity contribution is 8.01. The number of aliphatic carboxylic acids is 1. The van der Waals surface area contributed by atoms with E-state index in [4.69, 9.17) is 9.84 Å². The first-order chi connectivity index (χ1) is 8.65. The lowest BCUT2D eigenvalue weighted by atomic mass is 10.4. The molecule has 0 aromatic carbocycles. The van der Waals surface area contributed by atoms with Gasteiger partial charge in [0.1, 0.15) is 0 Å². The Balaban J connectivity index is 1.97. The molecule has 1 aliphatic heterocycles. The molecule has 18 heavy (non-hydrogen) atoms. The highest BCUT2D eigenvalue weighted by Crippen LogP contribution is 2.28. The van der Waals surface area contributed by atoms with E-state index in [2.05, 4.69) is 15.1 Å². The molecule has 6 nitrogen and oxygen atoms in total. The maximum absolute atomic E-state index is 10.5. The molecule has 1 aromatic rings. The molecule has 0 amide bonds. The van der Waals surface area contributed by atoms with Crippen molar-refractivity contribution >= 4 is 34.2 Å². The molecule has 0 bridgehead atoms. The number of aromatic nitrogens is 2. The first kappa shape index (κ1) is 13.6. The summed E-state index contributed by atoms with van der Waals surface area (Å²) in [6, 6.07) is 0. The van der Waals surface area contributed by atoms with Gasteiger partial charge < -0.3 is 14.7 Å². The Morgan fingerprint density at radius 1 is 1.67 bits per heavy atom. The van der Waals surface area contributed by atoms with E-state index in [1.165, 1.54) is 23.1 Å². The third-order valence-electron chi connectivity index (χ3n) is 2.44. The van der Waals surface area contributed by atoms with E-state index in [1.807, 2.05) is 6.92 Å². The largest absolute Gasteiger partial charge is 0.481 e. The summed E-state index contributed by atoms with van der Waals surface area (Å²) in [5.74, 6) is -0.817. The smallest absolute Gasteiger partial charge is 0.313 e. The summed E-state index contributed by atoms with van der Waals surface area (Å²) < 4.78 is 6.27. The molecule has 1 unspecified atom stereocenters. The molecule has 2 heterocycles. The van der Waals surface area contributed by atoms with Crippen LogP contribution in [0.2, 0.25) is 0 Å². The van der Waals surface area contributed by atoms with Gasteiger partial charge in [0.25, 0.3) is 0 Å². The third kappa shape index (κ3) is 3.82. The van der Waals surface area contributed by atoms with E-state index in [0.717, 1.165) is 31.2 Å². The summed E-state index contributed by atoms with van der Waals surface area (Å²) in [5.41, 5.74) is 0. The van der Waals surface area contributed by atoms with Crippen LogP contribution in [0.5, 0.6) is 0 Å². The summed E-state index contributed by atoms with van der Waals surface area (Å²) in [4.78, 5) is 12.6. The highest BCUT2D eigenvalue weighted by atomic mass is 32.2. The summed E-state index contributed by atoms with van der Waals surface area (Å²) in [6.07, 6.45) is 1.16. The van der Waals surface area contributed by atoms with Crippen LogP contribution in [0, 0.1) is 0 Å². The molecule has 100 valence electrons. The fourth-order valence-electron chi connectivity index (χ4n) is 1.68. The minimum Gasteiger partial charge on any atom is -0.481 e. The Kier molecular flexibility index (Phi) is 4.79. The van der Waals surface area contributed by atoms with Crippen LogP contribution in [0.3, 0.4) is 0 Å². The van der Waals surface area contributed by atoms with Gasteiger partial charge in [-0.15, -0.1) is 10.2 Å². The van der Waals surface area contributed by atoms with Crippen LogP contribution in [0.15, 0.2) is 4.34 Å². The molecule has 0 spiro atoms. The fourth-order valence-corrected chi connectivity index (χ4v) is 3.28. The number of carbonyl (C=O) groups is 1. The van der Waals surface area contributed by atoms with Crippen molar-refractivity contribution in [2.75, 3.05) is 30.3 Å². The normalized spacial score (nSPS) is 20.7. The van der Waals surface area contributed by atoms with E-state index in [0.29, 0.717) is 4.34 Å². The Hall–Kier alpha value is -0.860. The van der Waals surface area contributed by atoms with Gasteiger partial charge in [0.05, 0.1) is 11.9 Å². The molecule has 1 atom stereocenters. The Bertz CT molecular complexity index is 413. The summed E-state index contributed by atoms with van der Waals surface area (Å²) >= 11 is 2.65. The van der Waals surface area contributed by atoms with Gasteiger partial charge in [0.15, 0.2) is 4.34 Å². The Morgan fingerprint density at radius 2 is 2.50 bits per heavy atom. The average Bonchev–Trinajstić information content (AvgIpc) is 2.69. The van der Waals surface area contributed by atoms with Gasteiger partial charge in [-0.2, -0.15) is 0 Å². The topological polar surface area (TPSA) is 75.6 Å². The fraction of sp³-hybridized carbons (Fsp3) is 0.700. The maximum atomic E-state index is 10.5. The van der Waals surface area contributed by atoms with E-state index in [9.17, 15) is 4.79 Å². The van der Waals surface area contributed by atoms with Crippen LogP contribution in [0.4, 0.5) is 5.13 Å². The second kappa shape index (κ2) is 6.35. The predicted molar refractivity (Wildman–Crippen MR) is 70.5 cm³/mol. The second-order valence-corrected chi connectivity index (χ2v) is 6.19. The summed E-state index contributed by atoms with van der Waals surface area (Å²) in [5, 5.41) is 17.6. The van der Waals surface area contributed by atoms with Crippen molar-refractivity contribution in [3.63, 3.8) is 0 Å². The van der Waals surface area contributed by atoms with Gasteiger partial charge >= 0.3 is 5.97 Å². The van der Waals surface area contributed by atoms with Crippen LogP contribution in [0.1, 0.15) is 13.3 Å². The van der Waals surface area contributed by atoms with Gasteiger partial charge in [0, 0.05) is 19.7 Å². The SMILES string of the molecule is CC1CN(c2nnc(SCC(=O)O)s2)CCCO1. The lowest BCUT2D eigenvalue weighted by Crippen LogP contribution is -2.29. The number of anilines is 1. The molecule has 1 fully saturated rings.